The number of anilines is 1. The van der Waals surface area contributed by atoms with Gasteiger partial charge in [-0.1, -0.05) is 24.3 Å². The van der Waals surface area contributed by atoms with Crippen LogP contribution in [0.25, 0.3) is 0 Å². The number of methoxy groups -OCH3 is 1. The summed E-state index contributed by atoms with van der Waals surface area (Å²) in [6.07, 6.45) is 3.59. The van der Waals surface area contributed by atoms with Crippen LogP contribution >= 0.6 is 0 Å². The fourth-order valence-electron chi connectivity index (χ4n) is 3.69. The van der Waals surface area contributed by atoms with Crippen LogP contribution in [-0.2, 0) is 16.0 Å². The van der Waals surface area contributed by atoms with Gasteiger partial charge in [0, 0.05) is 24.4 Å². The third-order valence-corrected chi connectivity index (χ3v) is 5.26. The number of hydrogen-bond acceptors (Lipinski definition) is 5. The van der Waals surface area contributed by atoms with Gasteiger partial charge in [0.15, 0.2) is 0 Å². The Morgan fingerprint density at radius 2 is 1.87 bits per heavy atom. The van der Waals surface area contributed by atoms with Crippen LogP contribution in [0.5, 0.6) is 11.5 Å². The van der Waals surface area contributed by atoms with Gasteiger partial charge in [0.1, 0.15) is 29.3 Å². The van der Waals surface area contributed by atoms with Crippen molar-refractivity contribution in [2.24, 2.45) is 0 Å². The molecule has 1 aliphatic rings. The van der Waals surface area contributed by atoms with Gasteiger partial charge in [-0.3, -0.25) is 0 Å². The molecule has 2 atom stereocenters. The van der Waals surface area contributed by atoms with E-state index in [0.717, 1.165) is 29.3 Å². The van der Waals surface area contributed by atoms with E-state index in [0.29, 0.717) is 13.2 Å². The van der Waals surface area contributed by atoms with E-state index in [2.05, 4.69) is 37.4 Å². The lowest BCUT2D eigenvalue weighted by Gasteiger charge is -2.44. The van der Waals surface area contributed by atoms with Gasteiger partial charge in [0.25, 0.3) is 0 Å². The molecule has 0 fully saturated rings. The van der Waals surface area contributed by atoms with Gasteiger partial charge in [0.05, 0.1) is 13.7 Å². The summed E-state index contributed by atoms with van der Waals surface area (Å²) in [5, 5.41) is 3.50. The van der Waals surface area contributed by atoms with Crippen molar-refractivity contribution < 1.29 is 18.9 Å². The number of ether oxygens (including phenoxy) is 4. The lowest BCUT2D eigenvalue weighted by Crippen LogP contribution is -2.51. The van der Waals surface area contributed by atoms with Crippen molar-refractivity contribution in [3.63, 3.8) is 0 Å². The van der Waals surface area contributed by atoms with Crippen molar-refractivity contribution >= 4 is 5.69 Å². The molecule has 2 unspecified atom stereocenters. The molecule has 1 aliphatic heterocycles. The minimum Gasteiger partial charge on any atom is -0.497 e. The van der Waals surface area contributed by atoms with Crippen LogP contribution in [0.4, 0.5) is 5.69 Å². The molecule has 5 heteroatoms. The van der Waals surface area contributed by atoms with E-state index >= 15 is 0 Å². The van der Waals surface area contributed by atoms with Gasteiger partial charge in [-0.25, -0.2) is 0 Å². The van der Waals surface area contributed by atoms with E-state index in [4.69, 9.17) is 18.9 Å². The zero-order chi connectivity index (χ0) is 21.6. The number of allylic oxidation sites excluding steroid dienone is 1. The van der Waals surface area contributed by atoms with Gasteiger partial charge in [-0.15, -0.1) is 0 Å². The van der Waals surface area contributed by atoms with Crippen molar-refractivity contribution in [1.29, 1.82) is 0 Å². The Balaban J connectivity index is 1.80. The SMILES string of the molecule is CC=CCOC1C(OCC)c2cc(NCc3ccc(OC)cc3)ccc2OC1(C)C. The molecule has 5 nitrogen and oxygen atoms in total. The number of fused-ring (bicyclic) bond motifs is 1. The summed E-state index contributed by atoms with van der Waals surface area (Å²) >= 11 is 0. The molecule has 1 heterocycles. The smallest absolute Gasteiger partial charge is 0.132 e. The molecule has 0 aliphatic carbocycles. The zero-order valence-electron chi connectivity index (χ0n) is 18.6. The molecule has 0 spiro atoms. The first-order valence-corrected chi connectivity index (χ1v) is 10.5. The Bertz CT molecular complexity index is 845. The van der Waals surface area contributed by atoms with Gasteiger partial charge in [-0.2, -0.15) is 0 Å². The van der Waals surface area contributed by atoms with Gasteiger partial charge in [-0.05, 0) is 63.6 Å². The maximum absolute atomic E-state index is 6.31. The summed E-state index contributed by atoms with van der Waals surface area (Å²) in [6, 6.07) is 14.2. The van der Waals surface area contributed by atoms with Gasteiger partial charge < -0.3 is 24.3 Å². The summed E-state index contributed by atoms with van der Waals surface area (Å²) in [4.78, 5) is 0. The summed E-state index contributed by atoms with van der Waals surface area (Å²) in [5.41, 5.74) is 2.72. The third kappa shape index (κ3) is 5.15. The number of benzene rings is 2. The molecular weight excluding hydrogens is 378 g/mol. The van der Waals surface area contributed by atoms with E-state index in [9.17, 15) is 0 Å². The maximum atomic E-state index is 6.31. The average Bonchev–Trinajstić information content (AvgIpc) is 2.74. The first-order chi connectivity index (χ1) is 14.5. The predicted octanol–water partition coefficient (Wildman–Crippen LogP) is 5.52. The minimum atomic E-state index is -0.494. The second-order valence-corrected chi connectivity index (χ2v) is 7.86. The Labute approximate surface area is 180 Å². The molecule has 162 valence electrons. The van der Waals surface area contributed by atoms with Crippen molar-refractivity contribution in [3.05, 3.63) is 65.7 Å². The molecule has 0 amide bonds. The van der Waals surface area contributed by atoms with Crippen LogP contribution in [0, 0.1) is 0 Å². The largest absolute Gasteiger partial charge is 0.497 e. The number of rotatable bonds is 9. The maximum Gasteiger partial charge on any atom is 0.132 e. The highest BCUT2D eigenvalue weighted by Crippen LogP contribution is 2.44. The standard InChI is InChI=1S/C25H33NO4/c1-6-8-15-29-24-23(28-7-2)21-16-19(11-14-22(21)30-25(24,3)4)26-17-18-9-12-20(27-5)13-10-18/h6,8-14,16,23-24,26H,7,15,17H2,1-5H3. The summed E-state index contributed by atoms with van der Waals surface area (Å²) in [5.74, 6) is 1.70. The highest BCUT2D eigenvalue weighted by atomic mass is 16.6. The van der Waals surface area contributed by atoms with Gasteiger partial charge in [0.2, 0.25) is 0 Å². The number of hydrogen-bond donors (Lipinski definition) is 1. The fraction of sp³-hybridized carbons (Fsp3) is 0.440. The van der Waals surface area contributed by atoms with E-state index in [1.54, 1.807) is 7.11 Å². The second kappa shape index (κ2) is 10.0. The summed E-state index contributed by atoms with van der Waals surface area (Å²) in [7, 11) is 1.67. The van der Waals surface area contributed by atoms with Crippen LogP contribution in [0.1, 0.15) is 44.9 Å². The quantitative estimate of drug-likeness (QED) is 0.551. The molecule has 2 aromatic carbocycles. The summed E-state index contributed by atoms with van der Waals surface area (Å²) in [6.45, 7) is 9.96. The molecule has 1 N–H and O–H groups in total. The van der Waals surface area contributed by atoms with Crippen LogP contribution in [-0.4, -0.2) is 32.0 Å². The van der Waals surface area contributed by atoms with Crippen LogP contribution in [0.3, 0.4) is 0 Å². The highest BCUT2D eigenvalue weighted by Gasteiger charge is 2.45. The third-order valence-electron chi connectivity index (χ3n) is 5.26. The molecule has 0 aromatic heterocycles. The van der Waals surface area contributed by atoms with Crippen molar-refractivity contribution in [3.8, 4) is 11.5 Å². The fourth-order valence-corrected chi connectivity index (χ4v) is 3.69. The normalized spacial score (nSPS) is 19.9. The Morgan fingerprint density at radius 3 is 2.53 bits per heavy atom. The first kappa shape index (κ1) is 22.2. The van der Waals surface area contributed by atoms with Gasteiger partial charge >= 0.3 is 0 Å². The molecular formula is C25H33NO4. The first-order valence-electron chi connectivity index (χ1n) is 10.5. The highest BCUT2D eigenvalue weighted by molar-refractivity contribution is 5.54. The van der Waals surface area contributed by atoms with Crippen LogP contribution < -0.4 is 14.8 Å². The lowest BCUT2D eigenvalue weighted by molar-refractivity contribution is -0.155. The van der Waals surface area contributed by atoms with Crippen molar-refractivity contribution in [1.82, 2.24) is 0 Å². The predicted molar refractivity (Wildman–Crippen MR) is 120 cm³/mol. The average molecular weight is 412 g/mol. The van der Waals surface area contributed by atoms with E-state index < -0.39 is 5.60 Å². The molecule has 0 bridgehead atoms. The van der Waals surface area contributed by atoms with E-state index in [-0.39, 0.29) is 12.2 Å². The second-order valence-electron chi connectivity index (χ2n) is 7.86. The molecule has 3 rings (SSSR count). The lowest BCUT2D eigenvalue weighted by atomic mass is 9.88. The van der Waals surface area contributed by atoms with Crippen LogP contribution in [0.2, 0.25) is 0 Å². The Kier molecular flexibility index (Phi) is 7.40. The summed E-state index contributed by atoms with van der Waals surface area (Å²) < 4.78 is 23.9. The minimum absolute atomic E-state index is 0.193. The topological polar surface area (TPSA) is 49.0 Å². The molecule has 0 radical (unpaired) electrons. The number of nitrogens with one attached hydrogen (secondary N) is 1. The van der Waals surface area contributed by atoms with Crippen LogP contribution in [0.15, 0.2) is 54.6 Å². The van der Waals surface area contributed by atoms with E-state index in [1.165, 1.54) is 5.56 Å². The Hall–Kier alpha value is -2.50. The monoisotopic (exact) mass is 411 g/mol. The van der Waals surface area contributed by atoms with Crippen molar-refractivity contribution in [2.75, 3.05) is 25.6 Å². The Morgan fingerprint density at radius 1 is 1.10 bits per heavy atom. The molecule has 0 saturated carbocycles. The molecule has 30 heavy (non-hydrogen) atoms. The van der Waals surface area contributed by atoms with E-state index in [1.807, 2.05) is 50.3 Å². The zero-order valence-corrected chi connectivity index (χ0v) is 18.6. The van der Waals surface area contributed by atoms with Crippen molar-refractivity contribution in [2.45, 2.75) is 52.0 Å². The molecule has 2 aromatic rings. The molecule has 0 saturated heterocycles.